The SMILES string of the molecule is CC(=O)c1cc(C(=O)Nc2cc(Cl)ccc2Cl)c(C)n(-c2cc(Cl)ccc2Cl)c1=O. The van der Waals surface area contributed by atoms with Gasteiger partial charge in [0.2, 0.25) is 0 Å². The van der Waals surface area contributed by atoms with Gasteiger partial charge >= 0.3 is 0 Å². The van der Waals surface area contributed by atoms with Crippen molar-refractivity contribution in [3.63, 3.8) is 0 Å². The van der Waals surface area contributed by atoms with E-state index in [1.807, 2.05) is 0 Å². The Labute approximate surface area is 192 Å². The van der Waals surface area contributed by atoms with Gasteiger partial charge in [0, 0.05) is 15.7 Å². The highest BCUT2D eigenvalue weighted by molar-refractivity contribution is 6.36. The van der Waals surface area contributed by atoms with Crippen LogP contribution in [0.2, 0.25) is 20.1 Å². The maximum Gasteiger partial charge on any atom is 0.266 e. The molecule has 2 aromatic carbocycles. The molecular formula is C21H14Cl4N2O3. The zero-order valence-electron chi connectivity index (χ0n) is 15.7. The third kappa shape index (κ3) is 4.40. The summed E-state index contributed by atoms with van der Waals surface area (Å²) in [6.45, 7) is 2.81. The van der Waals surface area contributed by atoms with Crippen LogP contribution in [0.15, 0.2) is 47.3 Å². The van der Waals surface area contributed by atoms with Crippen molar-refractivity contribution in [3.05, 3.63) is 89.7 Å². The molecule has 0 aliphatic heterocycles. The molecule has 3 rings (SSSR count). The molecule has 1 aromatic heterocycles. The minimum atomic E-state index is -0.610. The van der Waals surface area contributed by atoms with Crippen LogP contribution in [0.1, 0.15) is 33.3 Å². The Morgan fingerprint density at radius 3 is 2.10 bits per heavy atom. The van der Waals surface area contributed by atoms with E-state index in [0.29, 0.717) is 10.0 Å². The Kier molecular flexibility index (Phi) is 6.58. The molecule has 0 fully saturated rings. The molecule has 30 heavy (non-hydrogen) atoms. The van der Waals surface area contributed by atoms with Crippen LogP contribution in [0, 0.1) is 6.92 Å². The number of nitrogens with one attached hydrogen (secondary N) is 1. The lowest BCUT2D eigenvalue weighted by Gasteiger charge is -2.17. The number of amides is 1. The van der Waals surface area contributed by atoms with Crippen LogP contribution in [0.4, 0.5) is 5.69 Å². The number of halogens is 4. The van der Waals surface area contributed by atoms with Crippen LogP contribution in [-0.4, -0.2) is 16.3 Å². The smallest absolute Gasteiger partial charge is 0.266 e. The fraction of sp³-hybridized carbons (Fsp3) is 0.0952. The van der Waals surface area contributed by atoms with E-state index >= 15 is 0 Å². The van der Waals surface area contributed by atoms with Crippen LogP contribution < -0.4 is 10.9 Å². The Balaban J connectivity index is 2.23. The molecule has 0 saturated heterocycles. The number of hydrogen-bond acceptors (Lipinski definition) is 3. The number of pyridine rings is 1. The van der Waals surface area contributed by atoms with Gasteiger partial charge in [-0.25, -0.2) is 0 Å². The highest BCUT2D eigenvalue weighted by atomic mass is 35.5. The number of aromatic nitrogens is 1. The lowest BCUT2D eigenvalue weighted by Crippen LogP contribution is -2.30. The topological polar surface area (TPSA) is 68.2 Å². The molecule has 5 nitrogen and oxygen atoms in total. The molecule has 3 aromatic rings. The van der Waals surface area contributed by atoms with Crippen LogP contribution in [0.3, 0.4) is 0 Å². The number of Topliss-reactive ketones (excluding diaryl/α,β-unsaturated/α-hetero) is 1. The summed E-state index contributed by atoms with van der Waals surface area (Å²) < 4.78 is 1.19. The minimum Gasteiger partial charge on any atom is -0.321 e. The van der Waals surface area contributed by atoms with Crippen molar-refractivity contribution in [2.75, 3.05) is 5.32 Å². The first kappa shape index (κ1) is 22.4. The second kappa shape index (κ2) is 8.82. The van der Waals surface area contributed by atoms with Gasteiger partial charge in [-0.1, -0.05) is 46.4 Å². The van der Waals surface area contributed by atoms with Crippen LogP contribution in [-0.2, 0) is 0 Å². The van der Waals surface area contributed by atoms with E-state index in [2.05, 4.69) is 5.32 Å². The van der Waals surface area contributed by atoms with Crippen molar-refractivity contribution in [1.29, 1.82) is 0 Å². The Morgan fingerprint density at radius 1 is 0.867 bits per heavy atom. The largest absolute Gasteiger partial charge is 0.321 e. The van der Waals surface area contributed by atoms with Gasteiger partial charge in [-0.3, -0.25) is 19.0 Å². The summed E-state index contributed by atoms with van der Waals surface area (Å²) >= 11 is 24.4. The van der Waals surface area contributed by atoms with Gasteiger partial charge in [-0.15, -0.1) is 0 Å². The van der Waals surface area contributed by atoms with Gasteiger partial charge < -0.3 is 5.32 Å². The highest BCUT2D eigenvalue weighted by Crippen LogP contribution is 2.28. The molecule has 9 heteroatoms. The van der Waals surface area contributed by atoms with Crippen molar-refractivity contribution in [2.45, 2.75) is 13.8 Å². The summed E-state index contributed by atoms with van der Waals surface area (Å²) in [6.07, 6.45) is 0. The summed E-state index contributed by atoms with van der Waals surface area (Å²) in [6, 6.07) is 10.4. The van der Waals surface area contributed by atoms with Gasteiger partial charge in [0.1, 0.15) is 0 Å². The predicted molar refractivity (Wildman–Crippen MR) is 121 cm³/mol. The van der Waals surface area contributed by atoms with Crippen molar-refractivity contribution < 1.29 is 9.59 Å². The Bertz CT molecular complexity index is 1250. The second-order valence-electron chi connectivity index (χ2n) is 6.43. The van der Waals surface area contributed by atoms with Crippen molar-refractivity contribution in [1.82, 2.24) is 4.57 Å². The molecule has 0 atom stereocenters. The zero-order chi connectivity index (χ0) is 22.2. The van der Waals surface area contributed by atoms with Gasteiger partial charge in [0.25, 0.3) is 11.5 Å². The average molecular weight is 484 g/mol. The highest BCUT2D eigenvalue weighted by Gasteiger charge is 2.22. The summed E-state index contributed by atoms with van der Waals surface area (Å²) in [5.74, 6) is -1.08. The molecule has 154 valence electrons. The molecule has 0 bridgehead atoms. The summed E-state index contributed by atoms with van der Waals surface area (Å²) in [5, 5.41) is 3.89. The third-order valence-corrected chi connectivity index (χ3v) is 5.52. The number of rotatable bonds is 4. The van der Waals surface area contributed by atoms with Gasteiger partial charge in [0.15, 0.2) is 5.78 Å². The first-order valence-corrected chi connectivity index (χ1v) is 10.1. The fourth-order valence-corrected chi connectivity index (χ4v) is 3.62. The quantitative estimate of drug-likeness (QED) is 0.448. The maximum atomic E-state index is 13.0. The molecule has 0 radical (unpaired) electrons. The minimum absolute atomic E-state index is 0.0897. The van der Waals surface area contributed by atoms with E-state index in [9.17, 15) is 14.4 Å². The number of nitrogens with zero attached hydrogens (tertiary/aromatic N) is 1. The maximum absolute atomic E-state index is 13.0. The van der Waals surface area contributed by atoms with Crippen LogP contribution in [0.5, 0.6) is 0 Å². The van der Waals surface area contributed by atoms with Crippen molar-refractivity contribution in [3.8, 4) is 5.69 Å². The lowest BCUT2D eigenvalue weighted by atomic mass is 10.1. The first-order valence-electron chi connectivity index (χ1n) is 8.59. The number of ketones is 1. The van der Waals surface area contributed by atoms with Crippen molar-refractivity contribution >= 4 is 63.8 Å². The summed E-state index contributed by atoms with van der Waals surface area (Å²) in [7, 11) is 0. The van der Waals surface area contributed by atoms with Gasteiger partial charge in [-0.05, 0) is 56.3 Å². The van der Waals surface area contributed by atoms with Crippen LogP contribution >= 0.6 is 46.4 Å². The van der Waals surface area contributed by atoms with E-state index in [-0.39, 0.29) is 38.2 Å². The van der Waals surface area contributed by atoms with Gasteiger partial charge in [0.05, 0.1) is 32.5 Å². The predicted octanol–water partition coefficient (Wildman–Crippen LogP) is 6.21. The Hall–Kier alpha value is -2.31. The molecule has 0 aliphatic rings. The number of carbonyl (C=O) groups excluding carboxylic acids is 2. The average Bonchev–Trinajstić information content (AvgIpc) is 2.67. The fourth-order valence-electron chi connectivity index (χ4n) is 2.92. The summed E-state index contributed by atoms with van der Waals surface area (Å²) in [5.41, 5.74) is 0.123. The van der Waals surface area contributed by atoms with Crippen molar-refractivity contribution in [2.24, 2.45) is 0 Å². The molecule has 1 amide bonds. The molecule has 0 unspecified atom stereocenters. The molecule has 0 aliphatic carbocycles. The monoisotopic (exact) mass is 482 g/mol. The number of benzene rings is 2. The lowest BCUT2D eigenvalue weighted by molar-refractivity contribution is 0.101. The second-order valence-corrected chi connectivity index (χ2v) is 8.12. The van der Waals surface area contributed by atoms with E-state index in [1.165, 1.54) is 35.8 Å². The molecule has 1 N–H and O–H groups in total. The molecule has 1 heterocycles. The van der Waals surface area contributed by atoms with Crippen LogP contribution in [0.25, 0.3) is 5.69 Å². The first-order chi connectivity index (χ1) is 14.1. The standard InChI is InChI=1S/C21H14Cl4N2O3/c1-10-14(20(29)26-18-7-12(22)3-5-16(18)24)9-15(11(2)28)21(30)27(10)19-8-13(23)4-6-17(19)25/h3-9H,1-2H3,(H,26,29). The third-order valence-electron chi connectivity index (χ3n) is 4.40. The molecule has 0 spiro atoms. The molecular weight excluding hydrogens is 470 g/mol. The number of anilines is 1. The molecule has 0 saturated carbocycles. The van der Waals surface area contributed by atoms with E-state index in [1.54, 1.807) is 25.1 Å². The number of hydrogen-bond donors (Lipinski definition) is 1. The Morgan fingerprint density at radius 2 is 1.47 bits per heavy atom. The van der Waals surface area contributed by atoms with E-state index in [0.717, 1.165) is 0 Å². The van der Waals surface area contributed by atoms with E-state index < -0.39 is 17.2 Å². The number of carbonyl (C=O) groups is 2. The summed E-state index contributed by atoms with van der Waals surface area (Å²) in [4.78, 5) is 38.1. The van der Waals surface area contributed by atoms with E-state index in [4.69, 9.17) is 46.4 Å². The zero-order valence-corrected chi connectivity index (χ0v) is 18.7. The normalized spacial score (nSPS) is 10.7. The van der Waals surface area contributed by atoms with Gasteiger partial charge in [-0.2, -0.15) is 0 Å².